The van der Waals surface area contributed by atoms with E-state index in [-0.39, 0.29) is 0 Å². The molecule has 4 rings (SSSR count). The number of nitrogens with zero attached hydrogens (tertiary/aromatic N) is 2. The Kier molecular flexibility index (Phi) is 5.37. The van der Waals surface area contributed by atoms with Gasteiger partial charge in [0.2, 0.25) is 6.33 Å². The average Bonchev–Trinajstić information content (AvgIpc) is 2.92. The first-order valence-electron chi connectivity index (χ1n) is 8.95. The van der Waals surface area contributed by atoms with Gasteiger partial charge in [-0.05, 0) is 33.9 Å². The van der Waals surface area contributed by atoms with Crippen molar-refractivity contribution in [3.05, 3.63) is 72.6 Å². The Balaban J connectivity index is 0.000000339. The zero-order chi connectivity index (χ0) is 23.1. The molecule has 0 aliphatic rings. The number of aromatic nitrogens is 2. The molecule has 3 aromatic carbocycles. The topological polar surface area (TPSA) is 49.3 Å². The number of rotatable bonds is 3. The second kappa shape index (κ2) is 7.22. The summed E-state index contributed by atoms with van der Waals surface area (Å²) in [4.78, 5) is 0. The van der Waals surface area contributed by atoms with E-state index in [1.54, 1.807) is 6.07 Å². The van der Waals surface area contributed by atoms with Crippen molar-refractivity contribution < 1.29 is 39.8 Å². The summed E-state index contributed by atoms with van der Waals surface area (Å²) >= 11 is 0. The molecule has 0 bridgehead atoms. The minimum atomic E-state index is -10.7. The molecule has 0 unspecified atom stereocenters. The molecule has 4 nitrogen and oxygen atoms in total. The zero-order valence-electron chi connectivity index (χ0n) is 16.1. The van der Waals surface area contributed by atoms with Gasteiger partial charge < -0.3 is 10.0 Å². The second-order valence-corrected chi connectivity index (χ2v) is 9.04. The number of hydrogen-bond donors (Lipinski definition) is 2. The van der Waals surface area contributed by atoms with Crippen molar-refractivity contribution in [3.63, 3.8) is 0 Å². The standard InChI is InChI=1S/C19H18BN2O2.F6P/c1-21-13-22(12-14-5-4-8-17(9-14)20(23)24)19-11-16-7-3-2-6-15(16)10-18(19)21;1-7(2,3,4,5)6/h2-11,13,23-24H,12H2,1H3;/q+1;-1. The van der Waals surface area contributed by atoms with Gasteiger partial charge in [0.25, 0.3) is 0 Å². The first kappa shape index (κ1) is 23.1. The van der Waals surface area contributed by atoms with Crippen molar-refractivity contribution >= 4 is 42.2 Å². The van der Waals surface area contributed by atoms with Gasteiger partial charge in [-0.25, -0.2) is 9.13 Å². The van der Waals surface area contributed by atoms with E-state index in [4.69, 9.17) is 0 Å². The molecule has 31 heavy (non-hydrogen) atoms. The molecule has 0 saturated heterocycles. The van der Waals surface area contributed by atoms with Crippen LogP contribution in [-0.4, -0.2) is 21.7 Å². The van der Waals surface area contributed by atoms with Gasteiger partial charge in [0.15, 0.2) is 11.0 Å². The second-order valence-electron chi connectivity index (χ2n) is 7.12. The number of imidazole rings is 1. The van der Waals surface area contributed by atoms with Crippen molar-refractivity contribution in [2.75, 3.05) is 0 Å². The summed E-state index contributed by atoms with van der Waals surface area (Å²) in [7, 11) is -10.1. The van der Waals surface area contributed by atoms with E-state index in [9.17, 15) is 35.2 Å². The van der Waals surface area contributed by atoms with Gasteiger partial charge in [-0.3, -0.25) is 0 Å². The van der Waals surface area contributed by atoms with E-state index in [1.165, 1.54) is 16.3 Å². The summed E-state index contributed by atoms with van der Waals surface area (Å²) in [6, 6.07) is 20.2. The Hall–Kier alpha value is -2.62. The van der Waals surface area contributed by atoms with E-state index in [0.717, 1.165) is 11.1 Å². The van der Waals surface area contributed by atoms with Crippen LogP contribution in [0.3, 0.4) is 0 Å². The first-order chi connectivity index (χ1) is 14.1. The predicted molar refractivity (Wildman–Crippen MR) is 110 cm³/mol. The molecule has 4 aromatic rings. The summed E-state index contributed by atoms with van der Waals surface area (Å²) in [5, 5.41) is 21.1. The van der Waals surface area contributed by atoms with Crippen molar-refractivity contribution in [3.8, 4) is 0 Å². The maximum absolute atomic E-state index is 10.7. The number of hydrogen-bond acceptors (Lipinski definition) is 2. The molecule has 0 radical (unpaired) electrons. The Morgan fingerprint density at radius 1 is 0.871 bits per heavy atom. The van der Waals surface area contributed by atoms with Gasteiger partial charge in [0, 0.05) is 0 Å². The Morgan fingerprint density at radius 2 is 1.45 bits per heavy atom. The fourth-order valence-electron chi connectivity index (χ4n) is 3.24. The summed E-state index contributed by atoms with van der Waals surface area (Å²) < 4.78 is 63.5. The number of halogens is 6. The third-order valence-corrected chi connectivity index (χ3v) is 4.45. The molecule has 0 atom stereocenters. The first-order valence-corrected chi connectivity index (χ1v) is 11.0. The molecule has 1 aromatic heterocycles. The fraction of sp³-hybridized carbons (Fsp3) is 0.105. The number of benzene rings is 3. The Bertz CT molecular complexity index is 1250. The Labute approximate surface area is 173 Å². The van der Waals surface area contributed by atoms with Crippen LogP contribution in [0.1, 0.15) is 5.56 Å². The van der Waals surface area contributed by atoms with Gasteiger partial charge in [0.05, 0.1) is 7.05 Å². The molecule has 0 saturated carbocycles. The molecule has 0 amide bonds. The van der Waals surface area contributed by atoms with Crippen molar-refractivity contribution in [1.29, 1.82) is 0 Å². The summed E-state index contributed by atoms with van der Waals surface area (Å²) in [5.41, 5.74) is 3.88. The SMILES string of the molecule is C[n+]1cn(Cc2cccc(B(O)O)c2)c2cc3ccccc3cc21.F[P-](F)(F)(F)(F)F. The van der Waals surface area contributed by atoms with Crippen LogP contribution in [0.15, 0.2) is 67.0 Å². The number of fused-ring (bicyclic) bond motifs is 2. The molecule has 2 N–H and O–H groups in total. The molecule has 12 heteroatoms. The molecule has 0 spiro atoms. The molecule has 0 fully saturated rings. The molecule has 0 aliphatic heterocycles. The van der Waals surface area contributed by atoms with Gasteiger partial charge in [-0.15, -0.1) is 0 Å². The van der Waals surface area contributed by atoms with E-state index in [0.29, 0.717) is 12.0 Å². The zero-order valence-corrected chi connectivity index (χ0v) is 17.0. The van der Waals surface area contributed by atoms with E-state index < -0.39 is 14.9 Å². The van der Waals surface area contributed by atoms with Crippen LogP contribution in [0.25, 0.3) is 21.8 Å². The van der Waals surface area contributed by atoms with Crippen molar-refractivity contribution in [2.24, 2.45) is 7.05 Å². The van der Waals surface area contributed by atoms with Crippen LogP contribution in [-0.2, 0) is 13.6 Å². The van der Waals surface area contributed by atoms with Gasteiger partial charge in [0.1, 0.15) is 6.54 Å². The monoisotopic (exact) mass is 462 g/mol. The quantitative estimate of drug-likeness (QED) is 0.200. The Morgan fingerprint density at radius 3 is 2.03 bits per heavy atom. The van der Waals surface area contributed by atoms with Crippen molar-refractivity contribution in [1.82, 2.24) is 4.57 Å². The fourth-order valence-corrected chi connectivity index (χ4v) is 3.24. The van der Waals surface area contributed by atoms with Crippen LogP contribution >= 0.6 is 7.81 Å². The van der Waals surface area contributed by atoms with E-state index >= 15 is 0 Å². The van der Waals surface area contributed by atoms with Crippen LogP contribution in [0.2, 0.25) is 0 Å². The predicted octanol–water partition coefficient (Wildman–Crippen LogP) is 4.73. The average molecular weight is 462 g/mol. The van der Waals surface area contributed by atoms with Gasteiger partial charge in [-0.2, -0.15) is 0 Å². The molecular weight excluding hydrogens is 444 g/mol. The summed E-state index contributed by atoms with van der Waals surface area (Å²) in [6.07, 6.45) is 2.07. The van der Waals surface area contributed by atoms with Crippen molar-refractivity contribution in [2.45, 2.75) is 6.54 Å². The molecular formula is C19H18BF6N2O2P. The molecule has 1 heterocycles. The van der Waals surface area contributed by atoms with Crippen LogP contribution in [0, 0.1) is 0 Å². The normalized spacial score (nSPS) is 14.0. The molecule has 0 aliphatic carbocycles. The number of aryl methyl sites for hydroxylation is 1. The summed E-state index contributed by atoms with van der Waals surface area (Å²) in [6.45, 7) is 0.677. The van der Waals surface area contributed by atoms with Crippen LogP contribution in [0.5, 0.6) is 0 Å². The van der Waals surface area contributed by atoms with E-state index in [2.05, 4.69) is 45.8 Å². The van der Waals surface area contributed by atoms with Crippen LogP contribution in [0.4, 0.5) is 25.2 Å². The van der Waals surface area contributed by atoms with Gasteiger partial charge >= 0.3 is 40.1 Å². The third-order valence-electron chi connectivity index (χ3n) is 4.45. The minimum absolute atomic E-state index is 0.513. The van der Waals surface area contributed by atoms with Gasteiger partial charge in [-0.1, -0.05) is 48.5 Å². The maximum atomic E-state index is 9.87. The molecule has 166 valence electrons. The van der Waals surface area contributed by atoms with E-state index in [1.807, 2.05) is 31.3 Å². The summed E-state index contributed by atoms with van der Waals surface area (Å²) in [5.74, 6) is 0. The van der Waals surface area contributed by atoms with Crippen LogP contribution < -0.4 is 10.0 Å². The third kappa shape index (κ3) is 6.95.